The molecule has 14 nitrogen and oxygen atoms in total. The lowest BCUT2D eigenvalue weighted by Crippen LogP contribution is -2.33. The summed E-state index contributed by atoms with van der Waals surface area (Å²) in [6.45, 7) is 6.00. The summed E-state index contributed by atoms with van der Waals surface area (Å²) in [6, 6.07) is 17.4. The van der Waals surface area contributed by atoms with Crippen LogP contribution in [0.3, 0.4) is 0 Å². The molecule has 0 radical (unpaired) electrons. The Kier molecular flexibility index (Phi) is 17.1. The highest BCUT2D eigenvalue weighted by atomic mass is 35.5. The standard InChI is InChI=1S/C44H36Cl6N8O6/c1-5-23-9-33(53-43(63)38(21(3)59)57-55-36-11-25(7-27(45)19-36)41(61)51-34-15-29(47)13-30(48)16-34)10-24(6-2)40(23)54-44(64)39(22(4)60)58-56-37-12-26(8-28(46)20-37)42(62)52-35-17-31(49)14-32(50)18-35/h7-20,38-39H,5-6H2,1-4H3,(H,51,61)(H,52,62)(H,53,63)(H,54,64). The highest BCUT2D eigenvalue weighted by Gasteiger charge is 2.27. The van der Waals surface area contributed by atoms with Crippen LogP contribution in [0.2, 0.25) is 30.1 Å². The number of rotatable bonds is 16. The molecule has 0 saturated heterocycles. The minimum atomic E-state index is -1.59. The van der Waals surface area contributed by atoms with Crippen LogP contribution in [0.5, 0.6) is 0 Å². The van der Waals surface area contributed by atoms with E-state index in [2.05, 4.69) is 41.7 Å². The number of hydrogen-bond donors (Lipinski definition) is 4. The molecule has 0 heterocycles. The number of nitrogens with one attached hydrogen (secondary N) is 4. The van der Waals surface area contributed by atoms with Crippen LogP contribution in [0.25, 0.3) is 0 Å². The molecule has 5 rings (SSSR count). The average molecular weight is 986 g/mol. The third-order valence-electron chi connectivity index (χ3n) is 8.95. The van der Waals surface area contributed by atoms with Crippen molar-refractivity contribution >= 4 is 139 Å². The number of Topliss-reactive ketones (excluding diaryl/α,β-unsaturated/α-hetero) is 2. The van der Waals surface area contributed by atoms with Crippen molar-refractivity contribution < 1.29 is 28.8 Å². The Balaban J connectivity index is 1.31. The highest BCUT2D eigenvalue weighted by molar-refractivity contribution is 6.36. The van der Waals surface area contributed by atoms with Crippen LogP contribution in [-0.4, -0.2) is 47.3 Å². The van der Waals surface area contributed by atoms with Gasteiger partial charge in [-0.25, -0.2) is 0 Å². The monoisotopic (exact) mass is 982 g/mol. The smallest absolute Gasteiger partial charge is 0.258 e. The minimum Gasteiger partial charge on any atom is -0.324 e. The summed E-state index contributed by atoms with van der Waals surface area (Å²) in [7, 11) is 0. The molecule has 0 aliphatic carbocycles. The van der Waals surface area contributed by atoms with Crippen molar-refractivity contribution in [3.8, 4) is 0 Å². The molecule has 64 heavy (non-hydrogen) atoms. The summed E-state index contributed by atoms with van der Waals surface area (Å²) in [5.41, 5.74) is 2.91. The number of hydrogen-bond acceptors (Lipinski definition) is 10. The fourth-order valence-corrected chi connectivity index (χ4v) is 7.54. The van der Waals surface area contributed by atoms with Gasteiger partial charge in [0, 0.05) is 64.0 Å². The second kappa shape index (κ2) is 22.2. The van der Waals surface area contributed by atoms with Crippen LogP contribution in [0, 0.1) is 0 Å². The predicted molar refractivity (Wildman–Crippen MR) is 252 cm³/mol. The van der Waals surface area contributed by atoms with Crippen LogP contribution in [0.1, 0.15) is 59.5 Å². The lowest BCUT2D eigenvalue weighted by atomic mass is 10.0. The van der Waals surface area contributed by atoms with E-state index in [1.54, 1.807) is 12.1 Å². The summed E-state index contributed by atoms with van der Waals surface area (Å²) in [6.07, 6.45) is 0.746. The number of amides is 4. The minimum absolute atomic E-state index is 0.0895. The Bertz CT molecular complexity index is 2680. The first-order chi connectivity index (χ1) is 30.3. The van der Waals surface area contributed by atoms with E-state index in [9.17, 15) is 28.8 Å². The van der Waals surface area contributed by atoms with E-state index in [4.69, 9.17) is 69.6 Å². The van der Waals surface area contributed by atoms with Crippen LogP contribution < -0.4 is 21.3 Å². The van der Waals surface area contributed by atoms with Crippen molar-refractivity contribution in [3.63, 3.8) is 0 Å². The quantitative estimate of drug-likeness (QED) is 0.0560. The summed E-state index contributed by atoms with van der Waals surface area (Å²) in [4.78, 5) is 78.6. The van der Waals surface area contributed by atoms with Crippen LogP contribution >= 0.6 is 69.6 Å². The second-order valence-electron chi connectivity index (χ2n) is 13.9. The van der Waals surface area contributed by atoms with Gasteiger partial charge in [0.2, 0.25) is 12.1 Å². The van der Waals surface area contributed by atoms with Gasteiger partial charge in [0.1, 0.15) is 0 Å². The number of aryl methyl sites for hydroxylation is 2. The largest absolute Gasteiger partial charge is 0.324 e. The topological polar surface area (TPSA) is 200 Å². The number of halogens is 6. The molecule has 5 aromatic carbocycles. The van der Waals surface area contributed by atoms with Crippen LogP contribution in [0.15, 0.2) is 105 Å². The van der Waals surface area contributed by atoms with Gasteiger partial charge in [-0.1, -0.05) is 83.5 Å². The molecule has 0 bridgehead atoms. The van der Waals surface area contributed by atoms with Gasteiger partial charge in [0.15, 0.2) is 11.6 Å². The maximum Gasteiger partial charge on any atom is 0.258 e. The number of azo groups is 2. The molecule has 5 aromatic rings. The van der Waals surface area contributed by atoms with Crippen LogP contribution in [-0.2, 0) is 32.0 Å². The normalized spacial score (nSPS) is 12.2. The maximum atomic E-state index is 13.6. The fourth-order valence-electron chi connectivity index (χ4n) is 6.03. The van der Waals surface area contributed by atoms with E-state index < -0.39 is 47.3 Å². The average Bonchev–Trinajstić information content (AvgIpc) is 3.19. The van der Waals surface area contributed by atoms with E-state index >= 15 is 0 Å². The summed E-state index contributed by atoms with van der Waals surface area (Å²) in [5.74, 6) is -3.96. The van der Waals surface area contributed by atoms with Crippen molar-refractivity contribution in [2.45, 2.75) is 52.6 Å². The Hall–Kier alpha value is -5.74. The molecule has 2 atom stereocenters. The lowest BCUT2D eigenvalue weighted by molar-refractivity contribution is -0.127. The van der Waals surface area contributed by atoms with Crippen molar-refractivity contribution in [2.75, 3.05) is 21.3 Å². The van der Waals surface area contributed by atoms with Crippen LogP contribution in [0.4, 0.5) is 34.1 Å². The zero-order valence-electron chi connectivity index (χ0n) is 34.2. The first-order valence-electron chi connectivity index (χ1n) is 19.1. The summed E-state index contributed by atoms with van der Waals surface area (Å²) >= 11 is 36.7. The molecule has 4 amide bonds. The zero-order chi connectivity index (χ0) is 46.8. The Labute approximate surface area is 397 Å². The molecule has 20 heteroatoms. The van der Waals surface area contributed by atoms with Gasteiger partial charge in [-0.05, 0) is 123 Å². The molecule has 0 spiro atoms. The first kappa shape index (κ1) is 49.3. The van der Waals surface area contributed by atoms with E-state index in [1.165, 1.54) is 86.6 Å². The fraction of sp³-hybridized carbons (Fsp3) is 0.182. The molecule has 4 N–H and O–H groups in total. The number of carbonyl (C=O) groups is 6. The maximum absolute atomic E-state index is 13.6. The molecular weight excluding hydrogens is 949 g/mol. The molecular formula is C44H36Cl6N8O6. The molecule has 0 fully saturated rings. The van der Waals surface area contributed by atoms with Crippen molar-refractivity contribution in [3.05, 3.63) is 137 Å². The number of ketones is 2. The highest BCUT2D eigenvalue weighted by Crippen LogP contribution is 2.31. The molecule has 0 aromatic heterocycles. The van der Waals surface area contributed by atoms with Gasteiger partial charge in [-0.15, -0.1) is 0 Å². The molecule has 330 valence electrons. The third kappa shape index (κ3) is 13.6. The number of carbonyl (C=O) groups excluding carboxylic acids is 6. The zero-order valence-corrected chi connectivity index (χ0v) is 38.7. The number of nitrogens with zero attached hydrogens (tertiary/aromatic N) is 4. The first-order valence-corrected chi connectivity index (χ1v) is 21.3. The summed E-state index contributed by atoms with van der Waals surface area (Å²) < 4.78 is 0. The van der Waals surface area contributed by atoms with Gasteiger partial charge < -0.3 is 21.3 Å². The Morgan fingerprint density at radius 1 is 0.453 bits per heavy atom. The van der Waals surface area contributed by atoms with Gasteiger partial charge in [-0.2, -0.15) is 20.5 Å². The van der Waals surface area contributed by atoms with Crippen molar-refractivity contribution in [1.29, 1.82) is 0 Å². The predicted octanol–water partition coefficient (Wildman–Crippen LogP) is 12.6. The number of benzene rings is 5. The Morgan fingerprint density at radius 2 is 0.797 bits per heavy atom. The SMILES string of the molecule is CCc1cc(NC(=O)C(N=Nc2cc(Cl)cc(C(=O)Nc3cc(Cl)cc(Cl)c3)c2)C(C)=O)cc(CC)c1NC(=O)C(N=Nc1cc(Cl)cc(C(=O)Nc2cc(Cl)cc(Cl)c2)c1)C(C)=O. The lowest BCUT2D eigenvalue weighted by Gasteiger charge is -2.19. The molecule has 0 saturated carbocycles. The van der Waals surface area contributed by atoms with Gasteiger partial charge in [-0.3, -0.25) is 28.8 Å². The van der Waals surface area contributed by atoms with E-state index in [1.807, 2.05) is 13.8 Å². The van der Waals surface area contributed by atoms with Crippen molar-refractivity contribution in [1.82, 2.24) is 0 Å². The summed E-state index contributed by atoms with van der Waals surface area (Å²) in [5, 5.41) is 28.5. The molecule has 0 aliphatic rings. The molecule has 2 unspecified atom stereocenters. The third-order valence-corrected chi connectivity index (χ3v) is 10.3. The second-order valence-corrected chi connectivity index (χ2v) is 16.6. The Morgan fingerprint density at radius 3 is 1.16 bits per heavy atom. The van der Waals surface area contributed by atoms with Crippen molar-refractivity contribution in [2.24, 2.45) is 20.5 Å². The van der Waals surface area contributed by atoms with E-state index in [-0.39, 0.29) is 32.5 Å². The van der Waals surface area contributed by atoms with E-state index in [0.717, 1.165) is 0 Å². The number of anilines is 4. The van der Waals surface area contributed by atoms with Gasteiger partial charge >= 0.3 is 0 Å². The molecule has 0 aliphatic heterocycles. The van der Waals surface area contributed by atoms with Gasteiger partial charge in [0.05, 0.1) is 11.4 Å². The van der Waals surface area contributed by atoms with E-state index in [0.29, 0.717) is 66.8 Å². The van der Waals surface area contributed by atoms with Gasteiger partial charge in [0.25, 0.3) is 23.6 Å².